The van der Waals surface area contributed by atoms with E-state index in [2.05, 4.69) is 16.4 Å². The first-order valence-corrected chi connectivity index (χ1v) is 10.5. The lowest BCUT2D eigenvalue weighted by atomic mass is 10.1. The van der Waals surface area contributed by atoms with Crippen molar-refractivity contribution in [2.24, 2.45) is 0 Å². The van der Waals surface area contributed by atoms with E-state index in [1.807, 2.05) is 42.6 Å². The summed E-state index contributed by atoms with van der Waals surface area (Å²) >= 11 is 1.60. The number of amides is 1. The van der Waals surface area contributed by atoms with E-state index in [0.29, 0.717) is 24.5 Å². The molecule has 0 saturated carbocycles. The summed E-state index contributed by atoms with van der Waals surface area (Å²) in [5.41, 5.74) is 2.55. The number of thiazole rings is 1. The van der Waals surface area contributed by atoms with E-state index in [0.717, 1.165) is 32.8 Å². The molecule has 0 unspecified atom stereocenters. The number of aryl methyl sites for hydroxylation is 1. The van der Waals surface area contributed by atoms with E-state index in [9.17, 15) is 4.79 Å². The highest BCUT2D eigenvalue weighted by Crippen LogP contribution is 2.22. The maximum absolute atomic E-state index is 12.5. The Labute approximate surface area is 179 Å². The number of aromatic nitrogens is 1. The van der Waals surface area contributed by atoms with Gasteiger partial charge in [-0.3, -0.25) is 4.79 Å². The summed E-state index contributed by atoms with van der Waals surface area (Å²) in [7, 11) is 1.66. The molecule has 4 rings (SSSR count). The summed E-state index contributed by atoms with van der Waals surface area (Å²) in [5, 5.41) is 8.19. The first kappa shape index (κ1) is 19.9. The highest BCUT2D eigenvalue weighted by Gasteiger charge is 2.07. The number of carbonyl (C=O) groups is 1. The van der Waals surface area contributed by atoms with Crippen LogP contribution in [0.2, 0.25) is 0 Å². The number of nitrogens with zero attached hydrogens (tertiary/aromatic N) is 1. The number of methoxy groups -OCH3 is 1. The molecule has 0 saturated heterocycles. The van der Waals surface area contributed by atoms with Gasteiger partial charge < -0.3 is 14.8 Å². The number of nitrogens with one attached hydrogen (secondary N) is 1. The fraction of sp³-hybridized carbons (Fsp3) is 0.167. The van der Waals surface area contributed by atoms with Crippen molar-refractivity contribution < 1.29 is 14.3 Å². The molecule has 152 valence electrons. The minimum absolute atomic E-state index is 0.119. The standard InChI is InChI=1S/C24H22N2O3S/c1-16-26-21(15-30-16)14-29-22-8-5-18(6-9-22)24(27)25-13-17-3-4-20-12-23(28-2)10-7-19(20)11-17/h3-12,15H,13-14H2,1-2H3,(H,25,27). The Bertz CT molecular complexity index is 1170. The van der Waals surface area contributed by atoms with Gasteiger partial charge in [-0.1, -0.05) is 18.2 Å². The van der Waals surface area contributed by atoms with Gasteiger partial charge in [0.2, 0.25) is 0 Å². The lowest BCUT2D eigenvalue weighted by Crippen LogP contribution is -2.22. The van der Waals surface area contributed by atoms with E-state index in [4.69, 9.17) is 9.47 Å². The minimum Gasteiger partial charge on any atom is -0.497 e. The zero-order chi connectivity index (χ0) is 20.9. The second kappa shape index (κ2) is 8.97. The SMILES string of the molecule is COc1ccc2cc(CNC(=O)c3ccc(OCc4csc(C)n4)cc3)ccc2c1. The van der Waals surface area contributed by atoms with E-state index >= 15 is 0 Å². The lowest BCUT2D eigenvalue weighted by molar-refractivity contribution is 0.0951. The quantitative estimate of drug-likeness (QED) is 0.452. The summed E-state index contributed by atoms with van der Waals surface area (Å²) in [6, 6.07) is 19.2. The fourth-order valence-corrected chi connectivity index (χ4v) is 3.73. The van der Waals surface area contributed by atoms with Crippen molar-refractivity contribution in [3.05, 3.63) is 87.9 Å². The number of carbonyl (C=O) groups excluding carboxylic acids is 1. The predicted molar refractivity (Wildman–Crippen MR) is 119 cm³/mol. The Morgan fingerprint density at radius 3 is 2.47 bits per heavy atom. The first-order valence-electron chi connectivity index (χ1n) is 9.59. The molecule has 5 nitrogen and oxygen atoms in total. The molecule has 0 aliphatic heterocycles. The Morgan fingerprint density at radius 2 is 1.73 bits per heavy atom. The molecule has 1 N–H and O–H groups in total. The molecule has 1 aromatic heterocycles. The predicted octanol–water partition coefficient (Wildman–Crippen LogP) is 5.12. The van der Waals surface area contributed by atoms with Crippen molar-refractivity contribution in [1.82, 2.24) is 10.3 Å². The van der Waals surface area contributed by atoms with Gasteiger partial charge in [-0.2, -0.15) is 0 Å². The summed E-state index contributed by atoms with van der Waals surface area (Å²) in [6.45, 7) is 2.85. The topological polar surface area (TPSA) is 60.5 Å². The minimum atomic E-state index is -0.119. The molecule has 1 amide bonds. The second-order valence-corrected chi connectivity index (χ2v) is 7.96. The normalized spacial score (nSPS) is 10.7. The average Bonchev–Trinajstić information content (AvgIpc) is 3.21. The Morgan fingerprint density at radius 1 is 1.00 bits per heavy atom. The highest BCUT2D eigenvalue weighted by molar-refractivity contribution is 7.09. The van der Waals surface area contributed by atoms with E-state index in [1.165, 1.54) is 0 Å². The van der Waals surface area contributed by atoms with Gasteiger partial charge >= 0.3 is 0 Å². The third-order valence-electron chi connectivity index (χ3n) is 4.73. The van der Waals surface area contributed by atoms with Gasteiger partial charge in [0.15, 0.2) is 0 Å². The lowest BCUT2D eigenvalue weighted by Gasteiger charge is -2.09. The van der Waals surface area contributed by atoms with Crippen LogP contribution in [0.5, 0.6) is 11.5 Å². The molecule has 0 aliphatic rings. The van der Waals surface area contributed by atoms with Crippen molar-refractivity contribution in [3.63, 3.8) is 0 Å². The molecule has 0 spiro atoms. The highest BCUT2D eigenvalue weighted by atomic mass is 32.1. The molecule has 3 aromatic carbocycles. The Kier molecular flexibility index (Phi) is 5.95. The molecule has 0 bridgehead atoms. The monoisotopic (exact) mass is 418 g/mol. The smallest absolute Gasteiger partial charge is 0.251 e. The molecule has 0 aliphatic carbocycles. The van der Waals surface area contributed by atoms with Crippen molar-refractivity contribution in [2.45, 2.75) is 20.1 Å². The first-order chi connectivity index (χ1) is 14.6. The number of hydrogen-bond acceptors (Lipinski definition) is 5. The number of hydrogen-bond donors (Lipinski definition) is 1. The third-order valence-corrected chi connectivity index (χ3v) is 5.56. The summed E-state index contributed by atoms with van der Waals surface area (Å²) in [4.78, 5) is 16.9. The molecule has 30 heavy (non-hydrogen) atoms. The molecular weight excluding hydrogens is 396 g/mol. The number of rotatable bonds is 7. The van der Waals surface area contributed by atoms with E-state index < -0.39 is 0 Å². The van der Waals surface area contributed by atoms with Crippen molar-refractivity contribution in [1.29, 1.82) is 0 Å². The van der Waals surface area contributed by atoms with Crippen LogP contribution in [0.15, 0.2) is 66.0 Å². The zero-order valence-corrected chi connectivity index (χ0v) is 17.7. The van der Waals surface area contributed by atoms with Crippen molar-refractivity contribution in [3.8, 4) is 11.5 Å². The second-order valence-electron chi connectivity index (χ2n) is 6.90. The largest absolute Gasteiger partial charge is 0.497 e. The van der Waals surface area contributed by atoms with Crippen LogP contribution in [0.25, 0.3) is 10.8 Å². The maximum atomic E-state index is 12.5. The molecule has 0 atom stereocenters. The van der Waals surface area contributed by atoms with Gasteiger partial charge in [0.25, 0.3) is 5.91 Å². The molecule has 1 heterocycles. The number of benzene rings is 3. The van der Waals surface area contributed by atoms with Gasteiger partial charge in [0.1, 0.15) is 18.1 Å². The van der Waals surface area contributed by atoms with Crippen LogP contribution >= 0.6 is 11.3 Å². The van der Waals surface area contributed by atoms with Gasteiger partial charge in [-0.05, 0) is 65.7 Å². The van der Waals surface area contributed by atoms with E-state index in [-0.39, 0.29) is 5.91 Å². The van der Waals surface area contributed by atoms with Crippen LogP contribution < -0.4 is 14.8 Å². The van der Waals surface area contributed by atoms with E-state index in [1.54, 1.807) is 42.7 Å². The average molecular weight is 419 g/mol. The van der Waals surface area contributed by atoms with Crippen LogP contribution in [-0.4, -0.2) is 18.0 Å². The van der Waals surface area contributed by atoms with Gasteiger partial charge in [-0.25, -0.2) is 4.98 Å². The van der Waals surface area contributed by atoms with Gasteiger partial charge in [0.05, 0.1) is 17.8 Å². The Balaban J connectivity index is 1.33. The molecule has 0 fully saturated rings. The zero-order valence-electron chi connectivity index (χ0n) is 16.8. The summed E-state index contributed by atoms with van der Waals surface area (Å²) < 4.78 is 11.0. The molecule has 6 heteroatoms. The molecular formula is C24H22N2O3S. The maximum Gasteiger partial charge on any atom is 0.251 e. The molecule has 0 radical (unpaired) electrons. The Hall–Kier alpha value is -3.38. The third kappa shape index (κ3) is 4.78. The van der Waals surface area contributed by atoms with Gasteiger partial charge in [0, 0.05) is 17.5 Å². The van der Waals surface area contributed by atoms with Crippen LogP contribution in [-0.2, 0) is 13.2 Å². The summed E-state index contributed by atoms with van der Waals surface area (Å²) in [5.74, 6) is 1.42. The van der Waals surface area contributed by atoms with Crippen LogP contribution in [0.4, 0.5) is 0 Å². The number of ether oxygens (including phenoxy) is 2. The van der Waals surface area contributed by atoms with Crippen molar-refractivity contribution >= 4 is 28.0 Å². The van der Waals surface area contributed by atoms with Gasteiger partial charge in [-0.15, -0.1) is 11.3 Å². The molecule has 4 aromatic rings. The van der Waals surface area contributed by atoms with Crippen LogP contribution in [0.1, 0.15) is 26.6 Å². The van der Waals surface area contributed by atoms with Crippen molar-refractivity contribution in [2.75, 3.05) is 7.11 Å². The fourth-order valence-electron chi connectivity index (χ4n) is 3.13. The van der Waals surface area contributed by atoms with Crippen LogP contribution in [0, 0.1) is 6.92 Å². The summed E-state index contributed by atoms with van der Waals surface area (Å²) in [6.07, 6.45) is 0. The number of fused-ring (bicyclic) bond motifs is 1. The van der Waals surface area contributed by atoms with Crippen LogP contribution in [0.3, 0.4) is 0 Å².